The Labute approximate surface area is 227 Å². The van der Waals surface area contributed by atoms with Gasteiger partial charge in [0.25, 0.3) is 5.56 Å². The highest BCUT2D eigenvalue weighted by atomic mass is 32.2. The molecule has 3 heterocycles. The van der Waals surface area contributed by atoms with E-state index in [0.29, 0.717) is 73.6 Å². The van der Waals surface area contributed by atoms with E-state index in [9.17, 15) is 18.4 Å². The molecule has 2 aromatic heterocycles. The van der Waals surface area contributed by atoms with Crippen LogP contribution in [-0.4, -0.2) is 94.7 Å². The number of rotatable bonds is 11. The van der Waals surface area contributed by atoms with Crippen LogP contribution in [0.15, 0.2) is 33.0 Å². The predicted octanol–water partition coefficient (Wildman–Crippen LogP) is 1.85. The number of nitrogens with zero attached hydrogens (tertiary/aromatic N) is 5. The van der Waals surface area contributed by atoms with Crippen molar-refractivity contribution in [1.29, 1.82) is 0 Å². The van der Waals surface area contributed by atoms with Gasteiger partial charge in [-0.05, 0) is 50.5 Å². The largest absolute Gasteiger partial charge is 0.493 e. The van der Waals surface area contributed by atoms with Crippen LogP contribution in [0.25, 0.3) is 16.9 Å². The average Bonchev–Trinajstić information content (AvgIpc) is 3.19. The zero-order valence-electron chi connectivity index (χ0n) is 22.6. The fourth-order valence-corrected chi connectivity index (χ4v) is 6.47. The topological polar surface area (TPSA) is 153 Å². The normalized spacial score (nSPS) is 15.5. The first-order valence-corrected chi connectivity index (χ1v) is 14.6. The number of H-pyrrole nitrogens is 1. The Bertz CT molecular complexity index is 1510. The molecule has 13 heteroatoms. The summed E-state index contributed by atoms with van der Waals surface area (Å²) < 4.78 is 36.0. The predicted molar refractivity (Wildman–Crippen MR) is 147 cm³/mol. The number of aromatic amines is 1. The smallest absolute Gasteiger partial charge is 0.275 e. The van der Waals surface area contributed by atoms with Crippen molar-refractivity contribution in [2.75, 3.05) is 45.9 Å². The third kappa shape index (κ3) is 5.71. The Hall–Kier alpha value is -3.26. The van der Waals surface area contributed by atoms with Crippen molar-refractivity contribution in [2.45, 2.75) is 44.9 Å². The van der Waals surface area contributed by atoms with Gasteiger partial charge in [-0.2, -0.15) is 4.31 Å². The molecule has 0 bridgehead atoms. The molecule has 1 aliphatic rings. The Morgan fingerprint density at radius 1 is 1.21 bits per heavy atom. The minimum Gasteiger partial charge on any atom is -0.493 e. The number of aryl methyl sites for hydroxylation is 2. The number of oxime groups is 1. The van der Waals surface area contributed by atoms with Crippen LogP contribution in [0.2, 0.25) is 0 Å². The third-order valence-corrected chi connectivity index (χ3v) is 8.86. The molecule has 3 N–H and O–H groups in total. The first kappa shape index (κ1) is 28.7. The molecule has 0 saturated carbocycles. The van der Waals surface area contributed by atoms with E-state index in [1.165, 1.54) is 22.7 Å². The third-order valence-electron chi connectivity index (χ3n) is 6.97. The molecule has 0 unspecified atom stereocenters. The van der Waals surface area contributed by atoms with Gasteiger partial charge in [-0.1, -0.05) is 18.5 Å². The summed E-state index contributed by atoms with van der Waals surface area (Å²) >= 11 is 0. The second-order valence-electron chi connectivity index (χ2n) is 9.46. The van der Waals surface area contributed by atoms with Crippen molar-refractivity contribution in [3.63, 3.8) is 0 Å². The van der Waals surface area contributed by atoms with Gasteiger partial charge in [-0.15, -0.1) is 5.10 Å². The minimum atomic E-state index is -3.82. The Kier molecular flexibility index (Phi) is 9.05. The molecule has 0 amide bonds. The summed E-state index contributed by atoms with van der Waals surface area (Å²) in [6, 6.07) is 4.59. The molecule has 212 valence electrons. The van der Waals surface area contributed by atoms with Crippen LogP contribution in [0.5, 0.6) is 5.75 Å². The van der Waals surface area contributed by atoms with Gasteiger partial charge in [0.1, 0.15) is 11.3 Å². The van der Waals surface area contributed by atoms with Gasteiger partial charge in [-0.25, -0.2) is 12.9 Å². The Morgan fingerprint density at radius 2 is 1.95 bits per heavy atom. The fraction of sp³-hybridized carbons (Fsp3) is 0.500. The monoisotopic (exact) mass is 560 g/mol. The number of hydrogen-bond acceptors (Lipinski definition) is 9. The molecular formula is C26H36N6O6S. The summed E-state index contributed by atoms with van der Waals surface area (Å²) in [7, 11) is -3.82. The highest BCUT2D eigenvalue weighted by Gasteiger charge is 2.30. The van der Waals surface area contributed by atoms with Crippen molar-refractivity contribution in [3.8, 4) is 17.1 Å². The standard InChI is InChI=1S/C26H36N6O6S/c1-4-7-22-21(17-27-35)18(3)24-26(34)28-25(29-32(22)24)20-16-19(8-9-23(20)38-5-2)39(36,37)31-13-11-30(12-14-31)10-6-15-33/h8-9,16-17,33,35H,4-7,10-15H2,1-3H3,(H,28,29,34). The van der Waals surface area contributed by atoms with Crippen molar-refractivity contribution >= 4 is 21.8 Å². The van der Waals surface area contributed by atoms with E-state index >= 15 is 0 Å². The number of aromatic nitrogens is 3. The fourth-order valence-electron chi connectivity index (χ4n) is 5.02. The lowest BCUT2D eigenvalue weighted by Crippen LogP contribution is -2.48. The summed E-state index contributed by atoms with van der Waals surface area (Å²) in [5.41, 5.74) is 2.26. The highest BCUT2D eigenvalue weighted by Crippen LogP contribution is 2.32. The van der Waals surface area contributed by atoms with E-state index in [1.54, 1.807) is 17.5 Å². The molecule has 0 atom stereocenters. The first-order chi connectivity index (χ1) is 18.8. The number of aliphatic hydroxyl groups is 1. The second-order valence-corrected chi connectivity index (χ2v) is 11.4. The van der Waals surface area contributed by atoms with Gasteiger partial charge in [0.05, 0.1) is 29.0 Å². The van der Waals surface area contributed by atoms with Gasteiger partial charge in [0.15, 0.2) is 5.82 Å². The van der Waals surface area contributed by atoms with E-state index in [2.05, 4.69) is 15.0 Å². The highest BCUT2D eigenvalue weighted by molar-refractivity contribution is 7.89. The van der Waals surface area contributed by atoms with Gasteiger partial charge in [-0.3, -0.25) is 4.79 Å². The zero-order valence-corrected chi connectivity index (χ0v) is 23.4. The molecule has 0 spiro atoms. The number of piperazine rings is 1. The molecular weight excluding hydrogens is 524 g/mol. The van der Waals surface area contributed by atoms with E-state index in [4.69, 9.17) is 14.9 Å². The lowest BCUT2D eigenvalue weighted by atomic mass is 10.1. The van der Waals surface area contributed by atoms with E-state index in [1.807, 2.05) is 13.8 Å². The van der Waals surface area contributed by atoms with Crippen molar-refractivity contribution in [2.24, 2.45) is 5.16 Å². The quantitative estimate of drug-likeness (QED) is 0.182. The van der Waals surface area contributed by atoms with Crippen molar-refractivity contribution in [3.05, 3.63) is 45.4 Å². The first-order valence-electron chi connectivity index (χ1n) is 13.2. The zero-order chi connectivity index (χ0) is 28.2. The maximum absolute atomic E-state index is 13.6. The number of aliphatic hydroxyl groups excluding tert-OH is 1. The van der Waals surface area contributed by atoms with Crippen LogP contribution in [0, 0.1) is 6.92 Å². The van der Waals surface area contributed by atoms with Crippen LogP contribution < -0.4 is 10.3 Å². The maximum atomic E-state index is 13.6. The lowest BCUT2D eigenvalue weighted by molar-refractivity contribution is 0.171. The number of fused-ring (bicyclic) bond motifs is 1. The van der Waals surface area contributed by atoms with Gasteiger partial charge in [0, 0.05) is 44.9 Å². The Morgan fingerprint density at radius 3 is 2.59 bits per heavy atom. The number of hydrogen-bond donors (Lipinski definition) is 3. The van der Waals surface area contributed by atoms with Gasteiger partial charge < -0.3 is 24.9 Å². The number of benzene rings is 1. The van der Waals surface area contributed by atoms with E-state index in [0.717, 1.165) is 18.7 Å². The average molecular weight is 561 g/mol. The Balaban J connectivity index is 1.79. The van der Waals surface area contributed by atoms with Crippen molar-refractivity contribution < 1.29 is 23.5 Å². The maximum Gasteiger partial charge on any atom is 0.275 e. The van der Waals surface area contributed by atoms with E-state index in [-0.39, 0.29) is 17.3 Å². The van der Waals surface area contributed by atoms with Gasteiger partial charge >= 0.3 is 0 Å². The summed E-state index contributed by atoms with van der Waals surface area (Å²) in [4.78, 5) is 18.3. The SMILES string of the molecule is CCCc1c(C=NO)c(C)c2c(=O)[nH]c(-c3cc(S(=O)(=O)N4CCN(CCCO)CC4)ccc3OCC)nn12. The second kappa shape index (κ2) is 12.3. The molecule has 0 aliphatic carbocycles. The molecule has 12 nitrogen and oxygen atoms in total. The number of sulfonamides is 1. The number of nitrogens with one attached hydrogen (secondary N) is 1. The molecule has 1 aromatic carbocycles. The van der Waals surface area contributed by atoms with Crippen LogP contribution >= 0.6 is 0 Å². The molecule has 39 heavy (non-hydrogen) atoms. The van der Waals surface area contributed by atoms with Crippen molar-refractivity contribution in [1.82, 2.24) is 23.8 Å². The molecule has 1 fully saturated rings. The molecule has 1 saturated heterocycles. The van der Waals surface area contributed by atoms with Crippen LogP contribution in [-0.2, 0) is 16.4 Å². The minimum absolute atomic E-state index is 0.0816. The van der Waals surface area contributed by atoms with Gasteiger partial charge in [0.2, 0.25) is 10.0 Å². The molecule has 3 aromatic rings. The summed E-state index contributed by atoms with van der Waals surface area (Å²) in [6.45, 7) is 8.61. The summed E-state index contributed by atoms with van der Waals surface area (Å²) in [5.74, 6) is 0.562. The summed E-state index contributed by atoms with van der Waals surface area (Å²) in [6.07, 6.45) is 3.31. The van der Waals surface area contributed by atoms with Crippen LogP contribution in [0.4, 0.5) is 0 Å². The molecule has 1 aliphatic heterocycles. The summed E-state index contributed by atoms with van der Waals surface area (Å²) in [5, 5.41) is 26.1. The van der Waals surface area contributed by atoms with E-state index < -0.39 is 15.6 Å². The van der Waals surface area contributed by atoms with Crippen LogP contribution in [0.1, 0.15) is 43.5 Å². The lowest BCUT2D eigenvalue weighted by Gasteiger charge is -2.33. The number of ether oxygens (including phenoxy) is 1. The molecule has 0 radical (unpaired) electrons. The van der Waals surface area contributed by atoms with Crippen LogP contribution in [0.3, 0.4) is 0 Å². The molecule has 4 rings (SSSR count).